The molecule has 0 aliphatic heterocycles. The van der Waals surface area contributed by atoms with Crippen molar-refractivity contribution < 1.29 is 4.79 Å². The summed E-state index contributed by atoms with van der Waals surface area (Å²) in [6.07, 6.45) is 13.4. The molecule has 1 amide bonds. The number of hydrogen-bond acceptors (Lipinski definition) is 2. The van der Waals surface area contributed by atoms with Crippen LogP contribution < -0.4 is 11.1 Å². The average molecular weight is 467 g/mol. The zero-order chi connectivity index (χ0) is 23.7. The number of carbonyl (C=O) groups excluding carboxylic acids is 1. The molecule has 3 bridgehead atoms. The SMILES string of the molecule is N[C@H]1CC[C@H](NC(=O)C23CC4CC5(C2)C(CC5(c2ccccc2)C3)/C4=C\Cc2ccccc2)CC1. The normalized spacial score (nSPS) is 42.0. The van der Waals surface area contributed by atoms with Gasteiger partial charge in [-0.15, -0.1) is 0 Å². The molecule has 2 aromatic rings. The molecular formula is C32H38N2O. The Kier molecular flexibility index (Phi) is 4.87. The number of rotatable bonds is 5. The van der Waals surface area contributed by atoms with Crippen molar-refractivity contribution in [3.63, 3.8) is 0 Å². The Morgan fingerprint density at radius 3 is 2.37 bits per heavy atom. The Hall–Kier alpha value is -2.39. The number of nitrogens with one attached hydrogen (secondary N) is 1. The fraction of sp³-hybridized carbons (Fsp3) is 0.531. The third kappa shape index (κ3) is 3.10. The fourth-order valence-electron chi connectivity index (χ4n) is 9.51. The Morgan fingerprint density at radius 2 is 1.63 bits per heavy atom. The highest BCUT2D eigenvalue weighted by atomic mass is 16.2. The van der Waals surface area contributed by atoms with E-state index in [-0.39, 0.29) is 16.2 Å². The lowest BCUT2D eigenvalue weighted by Gasteiger charge is -2.59. The maximum absolute atomic E-state index is 14.1. The number of hydrogen-bond donors (Lipinski definition) is 2. The number of amides is 1. The van der Waals surface area contributed by atoms with Crippen LogP contribution in [0.5, 0.6) is 0 Å². The first-order valence-corrected chi connectivity index (χ1v) is 13.9. The lowest BCUT2D eigenvalue weighted by Crippen LogP contribution is -2.55. The van der Waals surface area contributed by atoms with Crippen molar-refractivity contribution in [3.8, 4) is 0 Å². The van der Waals surface area contributed by atoms with Crippen molar-refractivity contribution in [2.24, 2.45) is 28.4 Å². The van der Waals surface area contributed by atoms with Crippen LogP contribution in [0.2, 0.25) is 0 Å². The quantitative estimate of drug-likeness (QED) is 0.556. The van der Waals surface area contributed by atoms with E-state index in [4.69, 9.17) is 5.73 Å². The lowest BCUT2D eigenvalue weighted by molar-refractivity contribution is -0.134. The van der Waals surface area contributed by atoms with E-state index < -0.39 is 0 Å². The molecule has 182 valence electrons. The van der Waals surface area contributed by atoms with E-state index in [0.717, 1.165) is 51.4 Å². The van der Waals surface area contributed by atoms with Gasteiger partial charge in [-0.25, -0.2) is 0 Å². The van der Waals surface area contributed by atoms with Crippen molar-refractivity contribution in [1.29, 1.82) is 0 Å². The molecule has 0 heterocycles. The Labute approximate surface area is 209 Å². The minimum Gasteiger partial charge on any atom is -0.353 e. The highest BCUT2D eigenvalue weighted by Gasteiger charge is 2.80. The van der Waals surface area contributed by atoms with Gasteiger partial charge in [0.1, 0.15) is 0 Å². The number of allylic oxidation sites excluding steroid dienone is 2. The Morgan fingerprint density at radius 1 is 0.914 bits per heavy atom. The van der Waals surface area contributed by atoms with Crippen LogP contribution in [0.25, 0.3) is 0 Å². The molecule has 35 heavy (non-hydrogen) atoms. The monoisotopic (exact) mass is 466 g/mol. The van der Waals surface area contributed by atoms with Crippen LogP contribution in [-0.2, 0) is 16.6 Å². The first-order valence-electron chi connectivity index (χ1n) is 13.9. The van der Waals surface area contributed by atoms with E-state index >= 15 is 0 Å². The molecule has 1 spiro atoms. The van der Waals surface area contributed by atoms with Crippen molar-refractivity contribution in [2.75, 3.05) is 0 Å². The predicted molar refractivity (Wildman–Crippen MR) is 140 cm³/mol. The van der Waals surface area contributed by atoms with E-state index in [9.17, 15) is 4.79 Å². The molecule has 3 N–H and O–H groups in total. The standard InChI is InChI=1S/C32H38N2O/c33-25-12-14-26(15-13-25)34-29(35)30-17-23-18-32(21-30)28(27(23)16-11-22-7-3-1-4-8-22)19-31(32,20-30)24-9-5-2-6-10-24/h1-10,16,23,25-26,28H,11-15,17-21,33H2,(H,34,35)/b27-16-/t23?,25-,26-,28?,30?,31?,32?. The van der Waals surface area contributed by atoms with Crippen LogP contribution in [0.4, 0.5) is 0 Å². The summed E-state index contributed by atoms with van der Waals surface area (Å²) in [7, 11) is 0. The third-order valence-electron chi connectivity index (χ3n) is 10.9. The Balaban J connectivity index is 1.23. The lowest BCUT2D eigenvalue weighted by atomic mass is 9.44. The molecule has 0 radical (unpaired) electrons. The van der Waals surface area contributed by atoms with E-state index in [1.165, 1.54) is 24.0 Å². The second-order valence-corrected chi connectivity index (χ2v) is 12.6. The van der Waals surface area contributed by atoms with Crippen LogP contribution in [0, 0.1) is 22.7 Å². The van der Waals surface area contributed by atoms with Crippen LogP contribution in [0.3, 0.4) is 0 Å². The van der Waals surface area contributed by atoms with E-state index in [2.05, 4.69) is 72.1 Å². The summed E-state index contributed by atoms with van der Waals surface area (Å²) in [6.45, 7) is 0. The first-order chi connectivity index (χ1) is 17.0. The smallest absolute Gasteiger partial charge is 0.226 e. The summed E-state index contributed by atoms with van der Waals surface area (Å²) < 4.78 is 0. The van der Waals surface area contributed by atoms with Crippen molar-refractivity contribution in [2.45, 2.75) is 81.7 Å². The number of benzene rings is 2. The number of nitrogens with two attached hydrogens (primary N) is 1. The largest absolute Gasteiger partial charge is 0.353 e. The van der Waals surface area contributed by atoms with E-state index in [1.54, 1.807) is 5.57 Å². The molecule has 5 aliphatic rings. The summed E-state index contributed by atoms with van der Waals surface area (Å²) >= 11 is 0. The zero-order valence-electron chi connectivity index (χ0n) is 20.7. The van der Waals surface area contributed by atoms with Gasteiger partial charge in [-0.3, -0.25) is 4.79 Å². The zero-order valence-corrected chi connectivity index (χ0v) is 20.7. The molecule has 2 aromatic carbocycles. The van der Waals surface area contributed by atoms with Crippen molar-refractivity contribution >= 4 is 5.91 Å². The fourth-order valence-corrected chi connectivity index (χ4v) is 9.51. The van der Waals surface area contributed by atoms with Gasteiger partial charge in [0.25, 0.3) is 0 Å². The maximum Gasteiger partial charge on any atom is 0.226 e. The highest BCUT2D eigenvalue weighted by molar-refractivity contribution is 5.85. The molecule has 0 aromatic heterocycles. The molecule has 5 saturated carbocycles. The van der Waals surface area contributed by atoms with E-state index in [0.29, 0.717) is 29.8 Å². The topological polar surface area (TPSA) is 55.1 Å². The summed E-state index contributed by atoms with van der Waals surface area (Å²) in [6, 6.07) is 22.7. The predicted octanol–water partition coefficient (Wildman–Crippen LogP) is 5.69. The van der Waals surface area contributed by atoms with Gasteiger partial charge >= 0.3 is 0 Å². The number of fused-ring (bicyclic) bond motifs is 2. The summed E-state index contributed by atoms with van der Waals surface area (Å²) in [5.74, 6) is 1.58. The second-order valence-electron chi connectivity index (χ2n) is 12.6. The minimum absolute atomic E-state index is 0.169. The summed E-state index contributed by atoms with van der Waals surface area (Å²) in [5.41, 5.74) is 10.9. The molecule has 0 saturated heterocycles. The van der Waals surface area contributed by atoms with Crippen LogP contribution >= 0.6 is 0 Å². The van der Waals surface area contributed by atoms with Gasteiger partial charge in [-0.2, -0.15) is 0 Å². The molecule has 5 fully saturated rings. The molecule has 3 nitrogen and oxygen atoms in total. The molecule has 5 unspecified atom stereocenters. The third-order valence-corrected chi connectivity index (χ3v) is 10.9. The van der Waals surface area contributed by atoms with E-state index in [1.807, 2.05) is 0 Å². The van der Waals surface area contributed by atoms with Crippen LogP contribution in [0.1, 0.15) is 68.9 Å². The second kappa shape index (κ2) is 7.80. The van der Waals surface area contributed by atoms with Gasteiger partial charge in [0, 0.05) is 17.5 Å². The summed E-state index contributed by atoms with van der Waals surface area (Å²) in [4.78, 5) is 14.1. The molecule has 5 atom stereocenters. The van der Waals surface area contributed by atoms with Gasteiger partial charge in [-0.05, 0) is 92.6 Å². The first kappa shape index (κ1) is 21.9. The average Bonchev–Trinajstić information content (AvgIpc) is 3.16. The summed E-state index contributed by atoms with van der Waals surface area (Å²) in [5, 5.41) is 3.56. The highest BCUT2D eigenvalue weighted by Crippen LogP contribution is 2.85. The van der Waals surface area contributed by atoms with Crippen LogP contribution in [-0.4, -0.2) is 18.0 Å². The van der Waals surface area contributed by atoms with Crippen molar-refractivity contribution in [3.05, 3.63) is 83.4 Å². The Bertz CT molecular complexity index is 1150. The number of carbonyl (C=O) groups is 1. The van der Waals surface area contributed by atoms with Gasteiger partial charge in [0.05, 0.1) is 5.41 Å². The molecule has 3 heteroatoms. The van der Waals surface area contributed by atoms with Crippen molar-refractivity contribution in [1.82, 2.24) is 5.32 Å². The van der Waals surface area contributed by atoms with Gasteiger partial charge in [-0.1, -0.05) is 72.3 Å². The minimum atomic E-state index is -0.213. The molecule has 7 rings (SSSR count). The van der Waals surface area contributed by atoms with Gasteiger partial charge < -0.3 is 11.1 Å². The van der Waals surface area contributed by atoms with Crippen LogP contribution in [0.15, 0.2) is 72.3 Å². The molecule has 5 aliphatic carbocycles. The molecular weight excluding hydrogens is 428 g/mol. The van der Waals surface area contributed by atoms with Gasteiger partial charge in [0.15, 0.2) is 0 Å². The van der Waals surface area contributed by atoms with Gasteiger partial charge in [0.2, 0.25) is 5.91 Å². The maximum atomic E-state index is 14.1.